The Morgan fingerprint density at radius 1 is 1.29 bits per heavy atom. The van der Waals surface area contributed by atoms with Crippen molar-refractivity contribution < 1.29 is 19.7 Å². The summed E-state index contributed by atoms with van der Waals surface area (Å²) >= 11 is 0. The molecular weight excluding hydrogens is 222 g/mol. The Balaban J connectivity index is 3.04. The molecule has 4 N–H and O–H groups in total. The van der Waals surface area contributed by atoms with Crippen molar-refractivity contribution in [3.8, 4) is 17.2 Å². The average Bonchev–Trinajstić information content (AvgIpc) is 2.34. The molecule has 1 aromatic rings. The number of hydrogen-bond acceptors (Lipinski definition) is 5. The van der Waals surface area contributed by atoms with Crippen LogP contribution >= 0.6 is 0 Å². The van der Waals surface area contributed by atoms with Crippen molar-refractivity contribution in [1.29, 1.82) is 0 Å². The fraction of sp³-hybridized carbons (Fsp3) is 0.500. The molecule has 0 aliphatic rings. The number of phenols is 1. The van der Waals surface area contributed by atoms with Crippen molar-refractivity contribution >= 4 is 0 Å². The molecule has 5 heteroatoms. The number of phenolic OH excluding ortho intramolecular Hbond substituents is 1. The summed E-state index contributed by atoms with van der Waals surface area (Å²) in [6.07, 6.45) is 1.16. The molecule has 17 heavy (non-hydrogen) atoms. The molecular formula is C12H19NO4. The number of nitrogens with two attached hydrogens (primary N) is 1. The van der Waals surface area contributed by atoms with Gasteiger partial charge in [-0.2, -0.15) is 0 Å². The molecule has 1 atom stereocenters. The van der Waals surface area contributed by atoms with Gasteiger partial charge in [-0.15, -0.1) is 0 Å². The van der Waals surface area contributed by atoms with E-state index in [9.17, 15) is 5.11 Å². The van der Waals surface area contributed by atoms with E-state index < -0.39 is 0 Å². The normalized spacial score (nSPS) is 12.2. The molecule has 0 saturated carbocycles. The molecule has 1 rings (SSSR count). The summed E-state index contributed by atoms with van der Waals surface area (Å²) in [6.45, 7) is 0.0763. The van der Waals surface area contributed by atoms with Gasteiger partial charge in [0.1, 0.15) is 17.2 Å². The highest BCUT2D eigenvalue weighted by Gasteiger charge is 2.18. The lowest BCUT2D eigenvalue weighted by molar-refractivity contribution is 0.278. The van der Waals surface area contributed by atoms with E-state index in [1.54, 1.807) is 6.07 Å². The Hall–Kier alpha value is -1.46. The van der Waals surface area contributed by atoms with Crippen LogP contribution < -0.4 is 15.2 Å². The Kier molecular flexibility index (Phi) is 5.06. The van der Waals surface area contributed by atoms with Crippen LogP contribution in [-0.4, -0.2) is 31.0 Å². The van der Waals surface area contributed by atoms with Gasteiger partial charge >= 0.3 is 0 Å². The van der Waals surface area contributed by atoms with Gasteiger partial charge in [-0.3, -0.25) is 0 Å². The summed E-state index contributed by atoms with van der Waals surface area (Å²) in [4.78, 5) is 0. The smallest absolute Gasteiger partial charge is 0.131 e. The van der Waals surface area contributed by atoms with Crippen LogP contribution in [0.25, 0.3) is 0 Å². The zero-order valence-corrected chi connectivity index (χ0v) is 10.1. The van der Waals surface area contributed by atoms with Gasteiger partial charge in [-0.1, -0.05) is 0 Å². The van der Waals surface area contributed by atoms with E-state index in [2.05, 4.69) is 0 Å². The number of aliphatic hydroxyl groups is 1. The summed E-state index contributed by atoms with van der Waals surface area (Å²) in [6, 6.07) is 2.80. The third-order valence-corrected chi connectivity index (χ3v) is 2.59. The van der Waals surface area contributed by atoms with Gasteiger partial charge in [0, 0.05) is 24.8 Å². The van der Waals surface area contributed by atoms with E-state index >= 15 is 0 Å². The summed E-state index contributed by atoms with van der Waals surface area (Å²) in [5.74, 6) is 1.05. The van der Waals surface area contributed by atoms with E-state index in [0.29, 0.717) is 29.9 Å². The zero-order valence-electron chi connectivity index (χ0n) is 10.1. The minimum Gasteiger partial charge on any atom is -0.507 e. The number of ether oxygens (including phenoxy) is 2. The molecule has 5 nitrogen and oxygen atoms in total. The maximum Gasteiger partial charge on any atom is 0.131 e. The number of rotatable bonds is 6. The highest BCUT2D eigenvalue weighted by atomic mass is 16.5. The maximum atomic E-state index is 9.90. The van der Waals surface area contributed by atoms with Gasteiger partial charge in [0.15, 0.2) is 0 Å². The average molecular weight is 241 g/mol. The molecule has 0 radical (unpaired) electrons. The molecule has 0 unspecified atom stereocenters. The summed E-state index contributed by atoms with van der Waals surface area (Å²) < 4.78 is 10.2. The third kappa shape index (κ3) is 3.25. The van der Waals surface area contributed by atoms with Crippen LogP contribution in [0.4, 0.5) is 0 Å². The van der Waals surface area contributed by atoms with Crippen molar-refractivity contribution in [2.24, 2.45) is 5.73 Å². The van der Waals surface area contributed by atoms with Crippen LogP contribution in [0.2, 0.25) is 0 Å². The lowest BCUT2D eigenvalue weighted by Gasteiger charge is -2.17. The van der Waals surface area contributed by atoms with Crippen molar-refractivity contribution in [2.45, 2.75) is 18.9 Å². The molecule has 0 aromatic heterocycles. The quantitative estimate of drug-likeness (QED) is 0.696. The SMILES string of the molecule is COc1cc(O)c([C@@H](N)CCCO)c(OC)c1. The number of aliphatic hydroxyl groups excluding tert-OH is 1. The highest BCUT2D eigenvalue weighted by Crippen LogP contribution is 2.37. The number of benzene rings is 1. The first-order valence-corrected chi connectivity index (χ1v) is 5.45. The molecule has 0 amide bonds. The van der Waals surface area contributed by atoms with E-state index in [1.807, 2.05) is 0 Å². The standard InChI is InChI=1S/C12H19NO4/c1-16-8-6-10(15)12(11(7-8)17-2)9(13)4-3-5-14/h6-7,9,14-15H,3-5,13H2,1-2H3/t9-/m0/s1. The minimum absolute atomic E-state index is 0.0478. The Morgan fingerprint density at radius 3 is 2.53 bits per heavy atom. The Bertz CT molecular complexity index is 368. The first-order valence-electron chi connectivity index (χ1n) is 5.45. The first-order chi connectivity index (χ1) is 8.13. The highest BCUT2D eigenvalue weighted by molar-refractivity contribution is 5.51. The number of aromatic hydroxyl groups is 1. The van der Waals surface area contributed by atoms with E-state index in [-0.39, 0.29) is 18.4 Å². The van der Waals surface area contributed by atoms with Crippen molar-refractivity contribution in [3.05, 3.63) is 17.7 Å². The maximum absolute atomic E-state index is 9.90. The van der Waals surface area contributed by atoms with Crippen LogP contribution in [-0.2, 0) is 0 Å². The molecule has 0 spiro atoms. The molecule has 0 saturated heterocycles. The van der Waals surface area contributed by atoms with Gasteiger partial charge in [0.25, 0.3) is 0 Å². The summed E-state index contributed by atoms with van der Waals surface area (Å²) in [5, 5.41) is 18.7. The van der Waals surface area contributed by atoms with Crippen molar-refractivity contribution in [2.75, 3.05) is 20.8 Å². The molecule has 1 aromatic carbocycles. The number of methoxy groups -OCH3 is 2. The second-order valence-corrected chi connectivity index (χ2v) is 3.73. The van der Waals surface area contributed by atoms with Crippen LogP contribution in [0, 0.1) is 0 Å². The second-order valence-electron chi connectivity index (χ2n) is 3.73. The minimum atomic E-state index is -0.372. The lowest BCUT2D eigenvalue weighted by Crippen LogP contribution is -2.12. The van der Waals surface area contributed by atoms with Gasteiger partial charge in [-0.05, 0) is 12.8 Å². The predicted octanol–water partition coefficient (Wildman–Crippen LogP) is 1.18. The van der Waals surface area contributed by atoms with E-state index in [4.69, 9.17) is 20.3 Å². The Morgan fingerprint density at radius 2 is 2.00 bits per heavy atom. The molecule has 0 aliphatic heterocycles. The fourth-order valence-corrected chi connectivity index (χ4v) is 1.70. The topological polar surface area (TPSA) is 84.9 Å². The van der Waals surface area contributed by atoms with Crippen molar-refractivity contribution in [1.82, 2.24) is 0 Å². The lowest BCUT2D eigenvalue weighted by atomic mass is 10.0. The zero-order chi connectivity index (χ0) is 12.8. The summed E-state index contributed by atoms with van der Waals surface area (Å²) in [7, 11) is 3.02. The predicted molar refractivity (Wildman–Crippen MR) is 64.5 cm³/mol. The van der Waals surface area contributed by atoms with Gasteiger partial charge in [0.2, 0.25) is 0 Å². The molecule has 0 fully saturated rings. The monoisotopic (exact) mass is 241 g/mol. The Labute approximate surface area is 101 Å². The van der Waals surface area contributed by atoms with E-state index in [0.717, 1.165) is 0 Å². The van der Waals surface area contributed by atoms with Gasteiger partial charge in [0.05, 0.1) is 19.8 Å². The van der Waals surface area contributed by atoms with Gasteiger partial charge < -0.3 is 25.4 Å². The molecule has 0 aliphatic carbocycles. The molecule has 0 bridgehead atoms. The van der Waals surface area contributed by atoms with E-state index in [1.165, 1.54) is 20.3 Å². The largest absolute Gasteiger partial charge is 0.507 e. The second kappa shape index (κ2) is 6.32. The molecule has 96 valence electrons. The number of hydrogen-bond donors (Lipinski definition) is 3. The summed E-state index contributed by atoms with van der Waals surface area (Å²) in [5.41, 5.74) is 6.50. The van der Waals surface area contributed by atoms with Crippen LogP contribution in [0.15, 0.2) is 12.1 Å². The van der Waals surface area contributed by atoms with Crippen LogP contribution in [0.1, 0.15) is 24.4 Å². The third-order valence-electron chi connectivity index (χ3n) is 2.59. The van der Waals surface area contributed by atoms with Crippen LogP contribution in [0.3, 0.4) is 0 Å². The van der Waals surface area contributed by atoms with Crippen molar-refractivity contribution in [3.63, 3.8) is 0 Å². The first kappa shape index (κ1) is 13.6. The van der Waals surface area contributed by atoms with Crippen LogP contribution in [0.5, 0.6) is 17.2 Å². The fourth-order valence-electron chi connectivity index (χ4n) is 1.70. The van der Waals surface area contributed by atoms with Gasteiger partial charge in [-0.25, -0.2) is 0 Å². The molecule has 0 heterocycles.